The van der Waals surface area contributed by atoms with E-state index in [-0.39, 0.29) is 23.0 Å². The van der Waals surface area contributed by atoms with Gasteiger partial charge in [0.05, 0.1) is 7.11 Å². The second-order valence-electron chi connectivity index (χ2n) is 2.74. The number of hydrogen-bond acceptors (Lipinski definition) is 7. The summed E-state index contributed by atoms with van der Waals surface area (Å²) in [6, 6.07) is 0. The summed E-state index contributed by atoms with van der Waals surface area (Å²) < 4.78 is 4.42. The third kappa shape index (κ3) is 2.01. The molecule has 0 aliphatic rings. The highest BCUT2D eigenvalue weighted by atomic mass is 16.5. The molecule has 0 aliphatic carbocycles. The summed E-state index contributed by atoms with van der Waals surface area (Å²) in [6.07, 6.45) is 0. The molecule has 0 aliphatic heterocycles. The predicted molar refractivity (Wildman–Crippen MR) is 52.2 cm³/mol. The highest BCUT2D eigenvalue weighted by Crippen LogP contribution is 2.13. The Hall–Kier alpha value is -2.18. The molecule has 7 heteroatoms. The summed E-state index contributed by atoms with van der Waals surface area (Å²) in [5.41, 5.74) is 10.5. The smallest absolute Gasteiger partial charge is 0.360 e. The summed E-state index contributed by atoms with van der Waals surface area (Å²) >= 11 is 0. The van der Waals surface area contributed by atoms with Crippen molar-refractivity contribution in [2.45, 2.75) is 6.92 Å². The van der Waals surface area contributed by atoms with E-state index in [9.17, 15) is 9.59 Å². The number of rotatable bonds is 2. The molecule has 0 radical (unpaired) electrons. The monoisotopic (exact) mass is 210 g/mol. The Morgan fingerprint density at radius 2 is 1.67 bits per heavy atom. The molecule has 0 amide bonds. The fourth-order valence-corrected chi connectivity index (χ4v) is 0.968. The SMILES string of the molecule is COC(=O)c1nc(C(C)=O)c(N)nc1N. The van der Waals surface area contributed by atoms with Crippen LogP contribution in [0.2, 0.25) is 0 Å². The van der Waals surface area contributed by atoms with E-state index in [4.69, 9.17) is 11.5 Å². The van der Waals surface area contributed by atoms with Crippen LogP contribution in [0.5, 0.6) is 0 Å². The highest BCUT2D eigenvalue weighted by molar-refractivity contribution is 5.99. The van der Waals surface area contributed by atoms with Gasteiger partial charge in [-0.1, -0.05) is 0 Å². The summed E-state index contributed by atoms with van der Waals surface area (Å²) in [5.74, 6) is -1.43. The van der Waals surface area contributed by atoms with Crippen molar-refractivity contribution in [2.24, 2.45) is 0 Å². The fourth-order valence-electron chi connectivity index (χ4n) is 0.968. The van der Waals surface area contributed by atoms with Crippen molar-refractivity contribution in [3.8, 4) is 0 Å². The molecular weight excluding hydrogens is 200 g/mol. The number of carbonyl (C=O) groups is 2. The molecule has 1 heterocycles. The van der Waals surface area contributed by atoms with Crippen LogP contribution in [0.3, 0.4) is 0 Å². The Morgan fingerprint density at radius 3 is 2.13 bits per heavy atom. The van der Waals surface area contributed by atoms with Gasteiger partial charge in [-0.2, -0.15) is 0 Å². The highest BCUT2D eigenvalue weighted by Gasteiger charge is 2.18. The Balaban J connectivity index is 3.36. The van der Waals surface area contributed by atoms with Crippen LogP contribution in [-0.2, 0) is 4.74 Å². The second kappa shape index (κ2) is 3.91. The molecule has 0 bridgehead atoms. The van der Waals surface area contributed by atoms with Crippen LogP contribution < -0.4 is 11.5 Å². The summed E-state index contributed by atoms with van der Waals surface area (Å²) in [5, 5.41) is 0. The van der Waals surface area contributed by atoms with Crippen LogP contribution in [0.4, 0.5) is 11.6 Å². The number of nitrogens with two attached hydrogens (primary N) is 2. The molecule has 1 aromatic heterocycles. The number of esters is 1. The van der Waals surface area contributed by atoms with Crippen molar-refractivity contribution in [3.63, 3.8) is 0 Å². The van der Waals surface area contributed by atoms with Gasteiger partial charge in [-0.05, 0) is 0 Å². The van der Waals surface area contributed by atoms with Crippen LogP contribution in [0.25, 0.3) is 0 Å². The lowest BCUT2D eigenvalue weighted by molar-refractivity contribution is 0.0595. The molecule has 0 fully saturated rings. The number of aromatic nitrogens is 2. The summed E-state index contributed by atoms with van der Waals surface area (Å²) in [4.78, 5) is 29.6. The van der Waals surface area contributed by atoms with Crippen LogP contribution in [0.15, 0.2) is 0 Å². The second-order valence-corrected chi connectivity index (χ2v) is 2.74. The predicted octanol–water partition coefficient (Wildman–Crippen LogP) is -0.370. The van der Waals surface area contributed by atoms with Gasteiger partial charge in [-0.15, -0.1) is 0 Å². The molecule has 1 aromatic rings. The molecule has 1 rings (SSSR count). The average Bonchev–Trinajstić information content (AvgIpc) is 2.16. The van der Waals surface area contributed by atoms with Gasteiger partial charge in [0, 0.05) is 6.92 Å². The number of nitrogens with zero attached hydrogens (tertiary/aromatic N) is 2. The molecule has 0 atom stereocenters. The topological polar surface area (TPSA) is 121 Å². The normalized spacial score (nSPS) is 9.73. The zero-order chi connectivity index (χ0) is 11.6. The van der Waals surface area contributed by atoms with Gasteiger partial charge in [-0.25, -0.2) is 14.8 Å². The minimum absolute atomic E-state index is 0.0930. The Morgan fingerprint density at radius 1 is 1.13 bits per heavy atom. The van der Waals surface area contributed by atoms with Crippen molar-refractivity contribution in [1.29, 1.82) is 0 Å². The minimum Gasteiger partial charge on any atom is -0.464 e. The number of hydrogen-bond donors (Lipinski definition) is 2. The van der Waals surface area contributed by atoms with Crippen molar-refractivity contribution in [3.05, 3.63) is 11.4 Å². The van der Waals surface area contributed by atoms with E-state index in [1.807, 2.05) is 0 Å². The van der Waals surface area contributed by atoms with Gasteiger partial charge >= 0.3 is 5.97 Å². The number of nitrogen functional groups attached to an aromatic ring is 2. The first kappa shape index (κ1) is 10.9. The van der Waals surface area contributed by atoms with Gasteiger partial charge in [0.15, 0.2) is 23.1 Å². The van der Waals surface area contributed by atoms with Crippen molar-refractivity contribution >= 4 is 23.4 Å². The van der Waals surface area contributed by atoms with Gasteiger partial charge in [-0.3, -0.25) is 4.79 Å². The van der Waals surface area contributed by atoms with E-state index in [2.05, 4.69) is 14.7 Å². The number of anilines is 2. The Bertz CT molecular complexity index is 430. The van der Waals surface area contributed by atoms with E-state index < -0.39 is 11.8 Å². The number of methoxy groups -OCH3 is 1. The fraction of sp³-hybridized carbons (Fsp3) is 0.250. The number of ketones is 1. The van der Waals surface area contributed by atoms with Crippen LogP contribution in [0.1, 0.15) is 27.9 Å². The van der Waals surface area contributed by atoms with Crippen LogP contribution >= 0.6 is 0 Å². The quantitative estimate of drug-likeness (QED) is 0.504. The third-order valence-electron chi connectivity index (χ3n) is 1.66. The van der Waals surface area contributed by atoms with Gasteiger partial charge < -0.3 is 16.2 Å². The first-order chi connectivity index (χ1) is 6.97. The molecular formula is C8H10N4O3. The molecule has 15 heavy (non-hydrogen) atoms. The van der Waals surface area contributed by atoms with E-state index in [0.29, 0.717) is 0 Å². The van der Waals surface area contributed by atoms with E-state index in [0.717, 1.165) is 0 Å². The zero-order valence-electron chi connectivity index (χ0n) is 8.27. The van der Waals surface area contributed by atoms with Gasteiger partial charge in [0.2, 0.25) is 0 Å². The van der Waals surface area contributed by atoms with Crippen molar-refractivity contribution < 1.29 is 14.3 Å². The molecule has 7 nitrogen and oxygen atoms in total. The number of Topliss-reactive ketones (excluding diaryl/α,β-unsaturated/α-hetero) is 1. The average molecular weight is 210 g/mol. The lowest BCUT2D eigenvalue weighted by Crippen LogP contribution is -2.16. The molecule has 80 valence electrons. The van der Waals surface area contributed by atoms with E-state index >= 15 is 0 Å². The van der Waals surface area contributed by atoms with Crippen molar-refractivity contribution in [1.82, 2.24) is 9.97 Å². The van der Waals surface area contributed by atoms with Gasteiger partial charge in [0.1, 0.15) is 5.69 Å². The third-order valence-corrected chi connectivity index (χ3v) is 1.66. The Kier molecular flexibility index (Phi) is 2.84. The number of carbonyl (C=O) groups excluding carboxylic acids is 2. The lowest BCUT2D eigenvalue weighted by Gasteiger charge is -2.05. The maximum atomic E-state index is 11.2. The molecule has 4 N–H and O–H groups in total. The Labute approximate surface area is 85.4 Å². The maximum Gasteiger partial charge on any atom is 0.360 e. The summed E-state index contributed by atoms with van der Waals surface area (Å²) in [6.45, 7) is 1.26. The minimum atomic E-state index is -0.762. The molecule has 0 saturated carbocycles. The first-order valence-corrected chi connectivity index (χ1v) is 3.99. The van der Waals surface area contributed by atoms with Gasteiger partial charge in [0.25, 0.3) is 0 Å². The zero-order valence-corrected chi connectivity index (χ0v) is 8.27. The van der Waals surface area contributed by atoms with E-state index in [1.54, 1.807) is 0 Å². The standard InChI is InChI=1S/C8H10N4O3/c1-3(13)4-6(9)12-7(10)5(11-4)8(14)15-2/h1-2H3,(H4,9,10,12). The molecule has 0 unspecified atom stereocenters. The molecule has 0 spiro atoms. The number of ether oxygens (including phenoxy) is 1. The largest absolute Gasteiger partial charge is 0.464 e. The maximum absolute atomic E-state index is 11.2. The van der Waals surface area contributed by atoms with Crippen LogP contribution in [-0.4, -0.2) is 28.8 Å². The van der Waals surface area contributed by atoms with Crippen LogP contribution in [0, 0.1) is 0 Å². The summed E-state index contributed by atoms with van der Waals surface area (Å²) in [7, 11) is 1.17. The first-order valence-electron chi connectivity index (χ1n) is 3.99. The molecule has 0 saturated heterocycles. The van der Waals surface area contributed by atoms with E-state index in [1.165, 1.54) is 14.0 Å². The lowest BCUT2D eigenvalue weighted by atomic mass is 10.3. The van der Waals surface area contributed by atoms with Crippen molar-refractivity contribution in [2.75, 3.05) is 18.6 Å². The molecule has 0 aromatic carbocycles.